The van der Waals surface area contributed by atoms with Crippen LogP contribution in [-0.4, -0.2) is 40.5 Å². The van der Waals surface area contributed by atoms with E-state index < -0.39 is 0 Å². The van der Waals surface area contributed by atoms with Crippen LogP contribution in [0.5, 0.6) is 11.5 Å². The monoisotopic (exact) mass is 404 g/mol. The molecule has 0 aliphatic carbocycles. The van der Waals surface area contributed by atoms with E-state index in [2.05, 4.69) is 0 Å². The van der Waals surface area contributed by atoms with Gasteiger partial charge in [-0.2, -0.15) is 0 Å². The molecule has 4 N–H and O–H groups in total. The molecule has 2 aromatic carbocycles. The fraction of sp³-hybridized carbons (Fsp3) is 0.143. The minimum atomic E-state index is 0.256. The fourth-order valence-electron chi connectivity index (χ4n) is 1.52. The van der Waals surface area contributed by atoms with Crippen LogP contribution in [-0.2, 0) is 0 Å². The molecule has 20 heavy (non-hydrogen) atoms. The third-order valence-electron chi connectivity index (χ3n) is 2.66. The van der Waals surface area contributed by atoms with Crippen LogP contribution in [0.3, 0.4) is 0 Å². The van der Waals surface area contributed by atoms with E-state index in [-0.39, 0.29) is 26.3 Å². The maximum atomic E-state index is 6.02. The maximum absolute atomic E-state index is 6.02. The van der Waals surface area contributed by atoms with E-state index in [1.54, 1.807) is 14.2 Å². The van der Waals surface area contributed by atoms with E-state index in [1.807, 2.05) is 36.4 Å². The summed E-state index contributed by atoms with van der Waals surface area (Å²) in [6.07, 6.45) is 0. The molecule has 0 atom stereocenters. The first-order valence-electron chi connectivity index (χ1n) is 5.85. The van der Waals surface area contributed by atoms with Crippen LogP contribution in [0.2, 0.25) is 0 Å². The topological polar surface area (TPSA) is 70.5 Å². The third kappa shape index (κ3) is 3.61. The molecule has 0 radical (unpaired) electrons. The van der Waals surface area contributed by atoms with Crippen molar-refractivity contribution in [3.8, 4) is 11.5 Å². The molecule has 0 saturated carbocycles. The third-order valence-corrected chi connectivity index (χ3v) is 9.90. The van der Waals surface area contributed by atoms with E-state index in [1.165, 1.54) is 0 Å². The second-order valence-electron chi connectivity index (χ2n) is 3.97. The van der Waals surface area contributed by atoms with Crippen molar-refractivity contribution in [2.45, 2.75) is 0 Å². The normalized spacial score (nSPS) is 10.3. The van der Waals surface area contributed by atoms with Gasteiger partial charge >= 0.3 is 130 Å². The molecule has 0 fully saturated rings. The Morgan fingerprint density at radius 2 is 1.15 bits per heavy atom. The summed E-state index contributed by atoms with van der Waals surface area (Å²) in [5, 5.41) is 0. The Bertz CT molecular complexity index is 552. The number of hydrogen-bond donors (Lipinski definition) is 2. The van der Waals surface area contributed by atoms with Crippen LogP contribution in [0.4, 0.5) is 11.4 Å². The Hall–Kier alpha value is -1.32. The van der Waals surface area contributed by atoms with Crippen molar-refractivity contribution in [2.24, 2.45) is 0 Å². The molecule has 2 aromatic rings. The minimum absolute atomic E-state index is 0.256. The van der Waals surface area contributed by atoms with E-state index in [0.717, 1.165) is 31.8 Å². The summed E-state index contributed by atoms with van der Waals surface area (Å²) in [6.45, 7) is 0. The van der Waals surface area contributed by atoms with E-state index in [0.29, 0.717) is 0 Å². The van der Waals surface area contributed by atoms with Crippen LogP contribution in [0.25, 0.3) is 0 Å². The summed E-state index contributed by atoms with van der Waals surface area (Å²) < 4.78 is 12.8. The van der Waals surface area contributed by atoms with Gasteiger partial charge in [0.2, 0.25) is 0 Å². The number of nitrogens with two attached hydrogens (primary N) is 2. The molecule has 106 valence electrons. The molecule has 0 saturated heterocycles. The second kappa shape index (κ2) is 6.91. The number of hydrogen-bond acceptors (Lipinski definition) is 4. The number of methoxy groups -OCH3 is 2. The average Bonchev–Trinajstić information content (AvgIpc) is 2.48. The van der Waals surface area contributed by atoms with Crippen molar-refractivity contribution in [3.63, 3.8) is 0 Å². The van der Waals surface area contributed by atoms with Crippen LogP contribution in [0.15, 0.2) is 36.4 Å². The number of nitrogen functional groups attached to an aromatic ring is 2. The van der Waals surface area contributed by atoms with E-state index in [9.17, 15) is 0 Å². The molecule has 2 rings (SSSR count). The zero-order valence-electron chi connectivity index (χ0n) is 11.3. The first-order chi connectivity index (χ1) is 9.63. The van der Waals surface area contributed by atoms with Crippen molar-refractivity contribution in [1.82, 2.24) is 0 Å². The Morgan fingerprint density at radius 1 is 0.750 bits per heavy atom. The number of ether oxygens (including phenoxy) is 2. The quantitative estimate of drug-likeness (QED) is 0.552. The summed E-state index contributed by atoms with van der Waals surface area (Å²) >= 11 is 0.512. The van der Waals surface area contributed by atoms with Gasteiger partial charge in [0.25, 0.3) is 0 Å². The summed E-state index contributed by atoms with van der Waals surface area (Å²) in [5.41, 5.74) is 13.7. The Kier molecular flexibility index (Phi) is 5.21. The molecule has 0 spiro atoms. The molecular formula is C14H16N2O2Se2. The van der Waals surface area contributed by atoms with E-state index in [4.69, 9.17) is 20.9 Å². The first kappa shape index (κ1) is 15.1. The van der Waals surface area contributed by atoms with Crippen molar-refractivity contribution in [2.75, 3.05) is 25.7 Å². The molecule has 4 nitrogen and oxygen atoms in total. The van der Waals surface area contributed by atoms with Gasteiger partial charge in [0.15, 0.2) is 0 Å². The zero-order chi connectivity index (χ0) is 14.5. The van der Waals surface area contributed by atoms with Crippen LogP contribution in [0.1, 0.15) is 0 Å². The van der Waals surface area contributed by atoms with Crippen LogP contribution in [0, 0.1) is 0 Å². The zero-order valence-corrected chi connectivity index (χ0v) is 14.7. The van der Waals surface area contributed by atoms with Crippen molar-refractivity contribution in [1.29, 1.82) is 0 Å². The molecule has 0 aliphatic rings. The molecule has 0 amide bonds. The Morgan fingerprint density at radius 3 is 1.50 bits per heavy atom. The molecule has 6 heteroatoms. The Labute approximate surface area is 129 Å². The average molecular weight is 402 g/mol. The molecule has 0 unspecified atom stereocenters. The molecule has 0 bridgehead atoms. The van der Waals surface area contributed by atoms with Gasteiger partial charge in [-0.05, 0) is 0 Å². The summed E-state index contributed by atoms with van der Waals surface area (Å²) in [7, 11) is 3.32. The van der Waals surface area contributed by atoms with Crippen molar-refractivity contribution in [3.05, 3.63) is 36.4 Å². The van der Waals surface area contributed by atoms with Gasteiger partial charge in [-0.15, -0.1) is 0 Å². The van der Waals surface area contributed by atoms with Gasteiger partial charge in [0, 0.05) is 0 Å². The van der Waals surface area contributed by atoms with Gasteiger partial charge in [0.05, 0.1) is 0 Å². The molecule has 0 heterocycles. The van der Waals surface area contributed by atoms with Crippen molar-refractivity contribution < 1.29 is 9.47 Å². The van der Waals surface area contributed by atoms with Crippen molar-refractivity contribution >= 4 is 46.6 Å². The van der Waals surface area contributed by atoms with Gasteiger partial charge in [-0.3, -0.25) is 0 Å². The van der Waals surface area contributed by atoms with Gasteiger partial charge in [-0.1, -0.05) is 0 Å². The predicted octanol–water partition coefficient (Wildman–Crippen LogP) is 0.142. The summed E-state index contributed by atoms with van der Waals surface area (Å²) in [5.74, 6) is 1.68. The number of benzene rings is 2. The SMILES string of the molecule is COc1ccc(N)c([Se][Se]c2cc(OC)ccc2N)c1. The van der Waals surface area contributed by atoms with Crippen LogP contribution < -0.4 is 29.9 Å². The second-order valence-corrected chi connectivity index (χ2v) is 10.2. The number of rotatable bonds is 5. The molecule has 0 aromatic heterocycles. The molecular weight excluding hydrogens is 386 g/mol. The Balaban J connectivity index is 2.16. The number of anilines is 2. The van der Waals surface area contributed by atoms with E-state index >= 15 is 0 Å². The van der Waals surface area contributed by atoms with Crippen LogP contribution >= 0.6 is 0 Å². The van der Waals surface area contributed by atoms with Gasteiger partial charge in [-0.25, -0.2) is 0 Å². The first-order valence-corrected chi connectivity index (χ1v) is 11.9. The van der Waals surface area contributed by atoms with Gasteiger partial charge < -0.3 is 0 Å². The van der Waals surface area contributed by atoms with Gasteiger partial charge in [0.1, 0.15) is 0 Å². The summed E-state index contributed by atoms with van der Waals surface area (Å²) in [4.78, 5) is 0. The predicted molar refractivity (Wildman–Crippen MR) is 85.6 cm³/mol. The molecule has 0 aliphatic heterocycles. The standard InChI is InChI=1S/C14H16N2O2Se2/c1-17-9-3-5-11(15)13(7-9)19-20-14-8-10(18-2)4-6-12(14)16/h3-8H,15-16H2,1-2H3. The fourth-order valence-corrected chi connectivity index (χ4v) is 8.38. The summed E-state index contributed by atoms with van der Waals surface area (Å²) in [6, 6.07) is 11.5.